The van der Waals surface area contributed by atoms with Gasteiger partial charge in [-0.1, -0.05) is 0 Å². The van der Waals surface area contributed by atoms with Crippen LogP contribution in [0.25, 0.3) is 0 Å². The van der Waals surface area contributed by atoms with Crippen molar-refractivity contribution in [3.8, 4) is 0 Å². The summed E-state index contributed by atoms with van der Waals surface area (Å²) >= 11 is 0. The summed E-state index contributed by atoms with van der Waals surface area (Å²) < 4.78 is 38.6. The van der Waals surface area contributed by atoms with Gasteiger partial charge in [0.15, 0.2) is 0 Å². The van der Waals surface area contributed by atoms with Gasteiger partial charge in [-0.3, -0.25) is 24.1 Å². The maximum absolute atomic E-state index is 12.8. The first kappa shape index (κ1) is 24.7. The maximum Gasteiger partial charge on any atom is 0.405 e. The number of carboxylic acid groups (broad SMARTS) is 1. The minimum absolute atomic E-state index is 0.0139. The fourth-order valence-electron chi connectivity index (χ4n) is 4.83. The van der Waals surface area contributed by atoms with E-state index in [4.69, 9.17) is 9.90 Å². The van der Waals surface area contributed by atoms with Crippen LogP contribution in [0.5, 0.6) is 0 Å². The third-order valence-electron chi connectivity index (χ3n) is 6.21. The molecule has 2 saturated heterocycles. The van der Waals surface area contributed by atoms with Crippen LogP contribution in [0.3, 0.4) is 0 Å². The molecule has 2 amide bonds. The van der Waals surface area contributed by atoms with E-state index in [1.54, 1.807) is 11.4 Å². The highest BCUT2D eigenvalue weighted by atomic mass is 19.4. The second kappa shape index (κ2) is 10.4. The largest absolute Gasteiger partial charge is 0.483 e. The predicted octanol–water partition coefficient (Wildman–Crippen LogP) is 0.883. The first-order valence-corrected chi connectivity index (χ1v) is 10.8. The third kappa shape index (κ3) is 6.12. The maximum atomic E-state index is 12.8. The molecule has 182 valence electrons. The number of piperidine rings is 1. The van der Waals surface area contributed by atoms with E-state index >= 15 is 0 Å². The van der Waals surface area contributed by atoms with Crippen LogP contribution < -0.4 is 10.9 Å². The summed E-state index contributed by atoms with van der Waals surface area (Å²) in [6, 6.07) is 2.93. The van der Waals surface area contributed by atoms with Crippen molar-refractivity contribution in [3.63, 3.8) is 0 Å². The van der Waals surface area contributed by atoms with Crippen molar-refractivity contribution in [2.75, 3.05) is 39.3 Å². The molecule has 1 aromatic rings. The second-order valence-corrected chi connectivity index (χ2v) is 8.57. The molecular weight excluding hydrogens is 445 g/mol. The van der Waals surface area contributed by atoms with Crippen LogP contribution in [-0.2, 0) is 16.1 Å². The number of rotatable bonds is 4. The van der Waals surface area contributed by atoms with Gasteiger partial charge in [0, 0.05) is 31.2 Å². The molecule has 3 aliphatic rings. The Balaban J connectivity index is 0.000000968. The van der Waals surface area contributed by atoms with Gasteiger partial charge in [-0.15, -0.1) is 0 Å². The molecular formula is C21H27F3N4O5. The minimum Gasteiger partial charge on any atom is -0.483 e. The van der Waals surface area contributed by atoms with Gasteiger partial charge >= 0.3 is 6.18 Å². The summed E-state index contributed by atoms with van der Waals surface area (Å²) in [5.74, 6) is -0.846. The number of hydrogen-bond acceptors (Lipinski definition) is 5. The lowest BCUT2D eigenvalue weighted by molar-refractivity contribution is -0.135. The molecule has 0 radical (unpaired) electrons. The van der Waals surface area contributed by atoms with E-state index in [0.717, 1.165) is 38.0 Å². The number of carbonyl (C=O) groups is 3. The van der Waals surface area contributed by atoms with Crippen LogP contribution >= 0.6 is 0 Å². The van der Waals surface area contributed by atoms with Crippen molar-refractivity contribution in [2.24, 2.45) is 5.92 Å². The van der Waals surface area contributed by atoms with Gasteiger partial charge < -0.3 is 19.9 Å². The molecule has 12 heteroatoms. The van der Waals surface area contributed by atoms with Crippen LogP contribution in [0.1, 0.15) is 41.2 Å². The summed E-state index contributed by atoms with van der Waals surface area (Å²) in [5, 5.41) is 8.65. The van der Waals surface area contributed by atoms with Crippen LogP contribution in [0.15, 0.2) is 16.9 Å². The fourth-order valence-corrected chi connectivity index (χ4v) is 4.83. The number of nitrogens with zero attached hydrogens (tertiary/aromatic N) is 3. The van der Waals surface area contributed by atoms with Crippen molar-refractivity contribution in [2.45, 2.75) is 37.9 Å². The molecule has 9 nitrogen and oxygen atoms in total. The molecule has 2 bridgehead atoms. The van der Waals surface area contributed by atoms with Crippen LogP contribution in [-0.4, -0.2) is 83.2 Å². The van der Waals surface area contributed by atoms with Gasteiger partial charge in [0.2, 0.25) is 5.91 Å². The zero-order chi connectivity index (χ0) is 24.2. The Morgan fingerprint density at radius 1 is 1.15 bits per heavy atom. The normalized spacial score (nSPS) is 22.1. The molecule has 0 saturated carbocycles. The van der Waals surface area contributed by atoms with Gasteiger partial charge in [0.05, 0.1) is 6.54 Å². The molecule has 0 aliphatic carbocycles. The molecule has 2 fully saturated rings. The average Bonchev–Trinajstić information content (AvgIpc) is 3.26. The van der Waals surface area contributed by atoms with E-state index in [0.29, 0.717) is 26.2 Å². The highest BCUT2D eigenvalue weighted by Crippen LogP contribution is 2.35. The molecule has 0 unspecified atom stereocenters. The average molecular weight is 472 g/mol. The number of likely N-dealkylation sites (tertiary alicyclic amines) is 2. The number of carbonyl (C=O) groups excluding carboxylic acids is 2. The molecule has 33 heavy (non-hydrogen) atoms. The Bertz CT molecular complexity index is 943. The molecule has 0 aromatic carbocycles. The van der Waals surface area contributed by atoms with E-state index in [1.165, 1.54) is 10.6 Å². The third-order valence-corrected chi connectivity index (χ3v) is 6.21. The highest BCUT2D eigenvalue weighted by molar-refractivity contribution is 5.93. The van der Waals surface area contributed by atoms with E-state index in [1.807, 2.05) is 4.90 Å². The minimum atomic E-state index is -4.54. The predicted molar refractivity (Wildman–Crippen MR) is 111 cm³/mol. The Kier molecular flexibility index (Phi) is 7.77. The van der Waals surface area contributed by atoms with E-state index in [9.17, 15) is 27.6 Å². The summed E-state index contributed by atoms with van der Waals surface area (Å²) in [7, 11) is 0. The lowest BCUT2D eigenvalue weighted by atomic mass is 9.83. The standard InChI is InChI=1S/C20H25F3N4O3.CH2O2/c21-20(22,23)12-24-18(29)15-3-4-16-14-7-13(9-27(16)19(15)30)8-26(10-14)17(28)11-25-5-1-2-6-25;2-1-3/h3-4,13-14H,1-2,5-12H2,(H,24,29);1H,(H,2,3)/t13-,14+;/m0./s1. The van der Waals surface area contributed by atoms with Gasteiger partial charge in [-0.25, -0.2) is 0 Å². The van der Waals surface area contributed by atoms with E-state index in [-0.39, 0.29) is 29.8 Å². The van der Waals surface area contributed by atoms with Crippen molar-refractivity contribution >= 4 is 18.3 Å². The topological polar surface area (TPSA) is 112 Å². The van der Waals surface area contributed by atoms with Crippen molar-refractivity contribution < 1.29 is 32.7 Å². The number of alkyl halides is 3. The number of halogens is 3. The number of amides is 2. The molecule has 3 aliphatic heterocycles. The van der Waals surface area contributed by atoms with E-state index < -0.39 is 24.2 Å². The van der Waals surface area contributed by atoms with Gasteiger partial charge in [-0.05, 0) is 50.4 Å². The Morgan fingerprint density at radius 3 is 2.45 bits per heavy atom. The highest BCUT2D eigenvalue weighted by Gasteiger charge is 2.37. The second-order valence-electron chi connectivity index (χ2n) is 8.57. The van der Waals surface area contributed by atoms with E-state index in [2.05, 4.69) is 4.90 Å². The number of aromatic nitrogens is 1. The quantitative estimate of drug-likeness (QED) is 0.630. The first-order chi connectivity index (χ1) is 15.6. The van der Waals surface area contributed by atoms with Crippen molar-refractivity contribution in [1.82, 2.24) is 19.7 Å². The Labute approximate surface area is 188 Å². The van der Waals surface area contributed by atoms with Gasteiger partial charge in [-0.2, -0.15) is 13.2 Å². The summed E-state index contributed by atoms with van der Waals surface area (Å²) in [6.07, 6.45) is -1.45. The zero-order valence-electron chi connectivity index (χ0n) is 18.0. The number of fused-ring (bicyclic) bond motifs is 4. The number of nitrogens with one attached hydrogen (secondary N) is 1. The first-order valence-electron chi connectivity index (χ1n) is 10.8. The van der Waals surface area contributed by atoms with Crippen molar-refractivity contribution in [1.29, 1.82) is 0 Å². The lowest BCUT2D eigenvalue weighted by Crippen LogP contribution is -2.51. The zero-order valence-corrected chi connectivity index (χ0v) is 18.0. The van der Waals surface area contributed by atoms with Crippen LogP contribution in [0, 0.1) is 5.92 Å². The van der Waals surface area contributed by atoms with Gasteiger partial charge in [0.25, 0.3) is 17.9 Å². The fraction of sp³-hybridized carbons (Fsp3) is 0.619. The molecule has 2 N–H and O–H groups in total. The molecule has 4 rings (SSSR count). The molecule has 2 atom stereocenters. The molecule has 0 spiro atoms. The molecule has 1 aromatic heterocycles. The number of pyridine rings is 1. The summed E-state index contributed by atoms with van der Waals surface area (Å²) in [4.78, 5) is 50.0. The molecule has 4 heterocycles. The summed E-state index contributed by atoms with van der Waals surface area (Å²) in [6.45, 7) is 2.02. The smallest absolute Gasteiger partial charge is 0.405 e. The Hall–Kier alpha value is -2.89. The van der Waals surface area contributed by atoms with Crippen molar-refractivity contribution in [3.05, 3.63) is 33.7 Å². The number of hydrogen-bond donors (Lipinski definition) is 2. The lowest BCUT2D eigenvalue weighted by Gasteiger charge is -2.43. The van der Waals surface area contributed by atoms with Crippen LogP contribution in [0.2, 0.25) is 0 Å². The van der Waals surface area contributed by atoms with Gasteiger partial charge in [0.1, 0.15) is 12.1 Å². The monoisotopic (exact) mass is 472 g/mol. The van der Waals surface area contributed by atoms with Crippen LogP contribution in [0.4, 0.5) is 13.2 Å². The summed E-state index contributed by atoms with van der Waals surface area (Å²) in [5.41, 5.74) is -0.119. The SMILES string of the molecule is O=C(NCC(F)(F)F)c1ccc2n(c1=O)C[C@H]1C[C@@H]2CN(C(=O)CN2CCCC2)C1.O=CO. The Morgan fingerprint density at radius 2 is 1.82 bits per heavy atom.